The van der Waals surface area contributed by atoms with Crippen LogP contribution >= 0.6 is 0 Å². The summed E-state index contributed by atoms with van der Waals surface area (Å²) in [6.45, 7) is -0.643. The molecular formula is C29H33N7O7. The number of aromatic hydroxyl groups is 1. The molecule has 2 heterocycles. The summed E-state index contributed by atoms with van der Waals surface area (Å²) >= 11 is 0. The Labute approximate surface area is 245 Å². The number of aliphatic hydroxyl groups excluding tert-OH is 1. The highest BCUT2D eigenvalue weighted by Gasteiger charge is 2.31. The van der Waals surface area contributed by atoms with Crippen molar-refractivity contribution < 1.29 is 34.5 Å². The van der Waals surface area contributed by atoms with E-state index in [0.717, 1.165) is 10.9 Å². The van der Waals surface area contributed by atoms with Crippen molar-refractivity contribution in [2.75, 3.05) is 6.61 Å². The number of hydrogen-bond acceptors (Lipinski definition) is 8. The first-order valence-electron chi connectivity index (χ1n) is 13.4. The maximum Gasteiger partial charge on any atom is 0.326 e. The molecule has 43 heavy (non-hydrogen) atoms. The number of carboxylic acid groups (broad SMARTS) is 1. The number of aliphatic hydroxyl groups is 1. The lowest BCUT2D eigenvalue weighted by Crippen LogP contribution is -2.58. The van der Waals surface area contributed by atoms with Gasteiger partial charge in [-0.15, -0.1) is 0 Å². The van der Waals surface area contributed by atoms with Gasteiger partial charge in [-0.1, -0.05) is 30.3 Å². The normalized spacial score (nSPS) is 13.9. The highest BCUT2D eigenvalue weighted by molar-refractivity contribution is 5.95. The van der Waals surface area contributed by atoms with Crippen LogP contribution in [0.2, 0.25) is 0 Å². The Balaban J connectivity index is 1.56. The molecule has 10 N–H and O–H groups in total. The van der Waals surface area contributed by atoms with Gasteiger partial charge in [-0.25, -0.2) is 9.78 Å². The number of fused-ring (bicyclic) bond motifs is 1. The minimum absolute atomic E-state index is 0.0104. The third kappa shape index (κ3) is 8.18. The number of nitrogens with one attached hydrogen (secondary N) is 5. The van der Waals surface area contributed by atoms with Gasteiger partial charge in [0.1, 0.15) is 29.9 Å². The van der Waals surface area contributed by atoms with E-state index in [2.05, 4.69) is 30.9 Å². The molecule has 4 aromatic rings. The van der Waals surface area contributed by atoms with Gasteiger partial charge < -0.3 is 47.0 Å². The summed E-state index contributed by atoms with van der Waals surface area (Å²) in [4.78, 5) is 61.6. The Hall–Kier alpha value is -5.21. The highest BCUT2D eigenvalue weighted by Crippen LogP contribution is 2.19. The zero-order chi connectivity index (χ0) is 30.9. The lowest BCUT2D eigenvalue weighted by Gasteiger charge is -2.25. The van der Waals surface area contributed by atoms with E-state index in [1.54, 1.807) is 6.20 Å². The fraction of sp³-hybridized carbons (Fsp3) is 0.276. The molecule has 3 amide bonds. The molecule has 0 saturated heterocycles. The SMILES string of the molecule is NC(CO)C(=O)NC(Cc1c[nH]c2ccccc12)C(=O)NC(Cc1cnc[nH]1)C(=O)NC(Cc1ccc(O)cc1)C(=O)O. The maximum atomic E-state index is 13.7. The van der Waals surface area contributed by atoms with E-state index in [4.69, 9.17) is 5.73 Å². The molecule has 2 aromatic carbocycles. The molecule has 0 aliphatic heterocycles. The van der Waals surface area contributed by atoms with Gasteiger partial charge in [0.15, 0.2) is 0 Å². The number of carbonyl (C=O) groups is 4. The van der Waals surface area contributed by atoms with Gasteiger partial charge in [0, 0.05) is 48.3 Å². The molecule has 0 spiro atoms. The number of carbonyl (C=O) groups excluding carboxylic acids is 3. The van der Waals surface area contributed by atoms with Crippen LogP contribution in [-0.4, -0.2) is 84.7 Å². The number of para-hydroxylation sites is 1. The van der Waals surface area contributed by atoms with Gasteiger partial charge in [0.2, 0.25) is 17.7 Å². The number of amides is 3. The number of H-pyrrole nitrogens is 2. The molecule has 0 bridgehead atoms. The molecule has 4 unspecified atom stereocenters. The second-order valence-electron chi connectivity index (χ2n) is 10.0. The van der Waals surface area contributed by atoms with E-state index in [-0.39, 0.29) is 25.0 Å². The predicted octanol–water partition coefficient (Wildman–Crippen LogP) is -0.517. The summed E-state index contributed by atoms with van der Waals surface area (Å²) in [5.74, 6) is -3.56. The predicted molar refractivity (Wildman–Crippen MR) is 155 cm³/mol. The molecule has 14 heteroatoms. The molecule has 4 atom stereocenters. The first-order valence-corrected chi connectivity index (χ1v) is 13.4. The quantitative estimate of drug-likeness (QED) is 0.0916. The minimum Gasteiger partial charge on any atom is -0.508 e. The molecule has 4 rings (SSSR count). The number of rotatable bonds is 14. The van der Waals surface area contributed by atoms with Crippen LogP contribution in [0.3, 0.4) is 0 Å². The molecular weight excluding hydrogens is 558 g/mol. The van der Waals surface area contributed by atoms with Crippen LogP contribution in [0, 0.1) is 0 Å². The molecule has 0 saturated carbocycles. The average molecular weight is 592 g/mol. The van der Waals surface area contributed by atoms with Crippen molar-refractivity contribution in [3.63, 3.8) is 0 Å². The van der Waals surface area contributed by atoms with E-state index >= 15 is 0 Å². The van der Waals surface area contributed by atoms with Crippen molar-refractivity contribution in [1.82, 2.24) is 30.9 Å². The fourth-order valence-corrected chi connectivity index (χ4v) is 4.53. The zero-order valence-corrected chi connectivity index (χ0v) is 23.0. The number of phenolic OH excluding ortho intramolecular Hbond substituents is 1. The summed E-state index contributed by atoms with van der Waals surface area (Å²) in [6, 6.07) is 8.19. The zero-order valence-electron chi connectivity index (χ0n) is 23.0. The Morgan fingerprint density at radius 2 is 1.49 bits per heavy atom. The van der Waals surface area contributed by atoms with Crippen LogP contribution < -0.4 is 21.7 Å². The number of carboxylic acids is 1. The molecule has 0 radical (unpaired) electrons. The van der Waals surface area contributed by atoms with Gasteiger partial charge in [0.25, 0.3) is 0 Å². The number of nitrogens with two attached hydrogens (primary N) is 1. The van der Waals surface area contributed by atoms with Crippen LogP contribution in [0.1, 0.15) is 16.8 Å². The van der Waals surface area contributed by atoms with Gasteiger partial charge in [-0.3, -0.25) is 14.4 Å². The molecule has 226 valence electrons. The van der Waals surface area contributed by atoms with Crippen LogP contribution in [0.25, 0.3) is 10.9 Å². The van der Waals surface area contributed by atoms with Gasteiger partial charge >= 0.3 is 5.97 Å². The number of benzene rings is 2. The van der Waals surface area contributed by atoms with E-state index in [9.17, 15) is 34.5 Å². The Bertz CT molecular complexity index is 1550. The second-order valence-corrected chi connectivity index (χ2v) is 10.0. The molecule has 2 aromatic heterocycles. The van der Waals surface area contributed by atoms with E-state index < -0.39 is 54.5 Å². The van der Waals surface area contributed by atoms with Crippen LogP contribution in [0.5, 0.6) is 5.75 Å². The van der Waals surface area contributed by atoms with E-state index in [1.807, 2.05) is 24.3 Å². The average Bonchev–Trinajstić information content (AvgIpc) is 3.66. The number of imidazole rings is 1. The number of aromatic amines is 2. The summed E-state index contributed by atoms with van der Waals surface area (Å²) in [5, 5.41) is 37.2. The van der Waals surface area contributed by atoms with Gasteiger partial charge in [-0.2, -0.15) is 0 Å². The monoisotopic (exact) mass is 591 g/mol. The van der Waals surface area contributed by atoms with Crippen molar-refractivity contribution in [1.29, 1.82) is 0 Å². The largest absolute Gasteiger partial charge is 0.508 e. The molecule has 0 aliphatic carbocycles. The maximum absolute atomic E-state index is 13.7. The molecule has 0 fully saturated rings. The lowest BCUT2D eigenvalue weighted by atomic mass is 10.0. The molecule has 14 nitrogen and oxygen atoms in total. The minimum atomic E-state index is -1.34. The van der Waals surface area contributed by atoms with Crippen molar-refractivity contribution in [3.8, 4) is 5.75 Å². The fourth-order valence-electron chi connectivity index (χ4n) is 4.53. The van der Waals surface area contributed by atoms with Crippen molar-refractivity contribution in [2.24, 2.45) is 5.73 Å². The summed E-state index contributed by atoms with van der Waals surface area (Å²) in [5.41, 5.74) is 8.26. The smallest absolute Gasteiger partial charge is 0.326 e. The van der Waals surface area contributed by atoms with Gasteiger partial charge in [0.05, 0.1) is 12.9 Å². The summed E-state index contributed by atoms with van der Waals surface area (Å²) in [7, 11) is 0. The summed E-state index contributed by atoms with van der Waals surface area (Å²) < 4.78 is 0. The highest BCUT2D eigenvalue weighted by atomic mass is 16.4. The van der Waals surface area contributed by atoms with Crippen LogP contribution in [0.4, 0.5) is 0 Å². The van der Waals surface area contributed by atoms with Crippen molar-refractivity contribution in [2.45, 2.75) is 43.4 Å². The van der Waals surface area contributed by atoms with Crippen molar-refractivity contribution >= 4 is 34.6 Å². The van der Waals surface area contributed by atoms with E-state index in [1.165, 1.54) is 36.8 Å². The Morgan fingerprint density at radius 1 is 0.837 bits per heavy atom. The third-order valence-corrected chi connectivity index (χ3v) is 6.87. The number of aromatic nitrogens is 3. The van der Waals surface area contributed by atoms with Gasteiger partial charge in [-0.05, 0) is 29.3 Å². The summed E-state index contributed by atoms with van der Waals surface area (Å²) in [6.07, 6.45) is 4.45. The number of phenols is 1. The van der Waals surface area contributed by atoms with E-state index in [0.29, 0.717) is 16.8 Å². The lowest BCUT2D eigenvalue weighted by molar-refractivity contribution is -0.142. The topological polar surface area (TPSA) is 236 Å². The number of aliphatic carboxylic acids is 1. The first kappa shape index (κ1) is 30.7. The number of nitrogens with zero attached hydrogens (tertiary/aromatic N) is 1. The van der Waals surface area contributed by atoms with Crippen LogP contribution in [-0.2, 0) is 38.4 Å². The van der Waals surface area contributed by atoms with Crippen molar-refractivity contribution in [3.05, 3.63) is 84.1 Å². The Kier molecular flexibility index (Phi) is 10.1. The Morgan fingerprint density at radius 3 is 2.14 bits per heavy atom. The third-order valence-electron chi connectivity index (χ3n) is 6.87. The second kappa shape index (κ2) is 14.1. The van der Waals surface area contributed by atoms with Crippen LogP contribution in [0.15, 0.2) is 67.3 Å². The number of hydrogen-bond donors (Lipinski definition) is 9. The standard InChI is InChI=1S/C29H33N7O7/c30-21(14-37)26(39)34-23(10-17-12-32-22-4-2-1-3-20(17)22)27(40)35-24(11-18-13-31-15-33-18)28(41)36-25(29(42)43)9-16-5-7-19(38)8-6-16/h1-8,12-13,15,21,23-25,32,37-38H,9-11,14,30H2,(H,31,33)(H,34,39)(H,35,40)(H,36,41)(H,42,43). The first-order chi connectivity index (χ1) is 20.6. The molecule has 0 aliphatic rings.